The summed E-state index contributed by atoms with van der Waals surface area (Å²) in [6.45, 7) is 8.74. The molecule has 0 atom stereocenters. The Kier molecular flexibility index (Phi) is 10.9. The first-order valence-corrected chi connectivity index (χ1v) is 15.9. The van der Waals surface area contributed by atoms with Crippen molar-refractivity contribution in [3.8, 4) is 11.4 Å². The Morgan fingerprint density at radius 2 is 1.05 bits per heavy atom. The highest BCUT2D eigenvalue weighted by Gasteiger charge is 2.19. The van der Waals surface area contributed by atoms with Crippen LogP contribution in [0.15, 0.2) is 58.8 Å². The van der Waals surface area contributed by atoms with Gasteiger partial charge in [0.1, 0.15) is 11.6 Å². The van der Waals surface area contributed by atoms with Crippen molar-refractivity contribution in [3.63, 3.8) is 0 Å². The Bertz CT molecular complexity index is 1200. The minimum atomic E-state index is 0.737. The third kappa shape index (κ3) is 7.50. The minimum Gasteiger partial charge on any atom is -0.274 e. The van der Waals surface area contributed by atoms with Gasteiger partial charge in [0.25, 0.3) is 0 Å². The summed E-state index contributed by atoms with van der Waals surface area (Å²) in [6, 6.07) is 17.2. The van der Waals surface area contributed by atoms with Crippen molar-refractivity contribution in [2.75, 3.05) is 11.5 Å². The van der Waals surface area contributed by atoms with Crippen LogP contribution in [0.2, 0.25) is 0 Å². The Balaban J connectivity index is 1.60. The lowest BCUT2D eigenvalue weighted by Crippen LogP contribution is -2.09. The van der Waals surface area contributed by atoms with Crippen LogP contribution in [0.3, 0.4) is 0 Å². The molecule has 0 N–H and O–H groups in total. The van der Waals surface area contributed by atoms with E-state index in [4.69, 9.17) is 0 Å². The lowest BCUT2D eigenvalue weighted by molar-refractivity contribution is 0.743. The second-order valence-electron chi connectivity index (χ2n) is 9.76. The molecule has 8 heteroatoms. The molecule has 4 aromatic rings. The highest BCUT2D eigenvalue weighted by molar-refractivity contribution is 7.99. The van der Waals surface area contributed by atoms with E-state index in [9.17, 15) is 0 Å². The molecule has 0 aliphatic heterocycles. The molecule has 2 heterocycles. The van der Waals surface area contributed by atoms with Crippen LogP contribution in [-0.4, -0.2) is 41.0 Å². The monoisotopic (exact) mass is 548 g/mol. The fraction of sp³-hybridized carbons (Fsp3) is 0.467. The van der Waals surface area contributed by atoms with Crippen LogP contribution in [0.4, 0.5) is 0 Å². The smallest absolute Gasteiger partial charge is 0.195 e. The van der Waals surface area contributed by atoms with Crippen molar-refractivity contribution in [2.45, 2.75) is 89.4 Å². The van der Waals surface area contributed by atoms with Crippen molar-refractivity contribution >= 4 is 23.5 Å². The molecule has 0 radical (unpaired) electrons. The number of aryl methyl sites for hydroxylation is 4. The van der Waals surface area contributed by atoms with Crippen LogP contribution in [0.5, 0.6) is 0 Å². The Hall–Kier alpha value is -2.58. The molecule has 0 aliphatic carbocycles. The molecule has 2 aromatic carbocycles. The quantitative estimate of drug-likeness (QED) is 0.111. The predicted molar refractivity (Wildman–Crippen MR) is 160 cm³/mol. The summed E-state index contributed by atoms with van der Waals surface area (Å²) in [5, 5.41) is 20.5. The molecule has 0 unspecified atom stereocenters. The van der Waals surface area contributed by atoms with Gasteiger partial charge >= 0.3 is 0 Å². The third-order valence-electron chi connectivity index (χ3n) is 6.45. The SMILES string of the molecule is CCCCCSc1nnc(CCc2nnc(SCCCCC)n2-c2cccc(C)c2)n1-c1cccc(C)c1. The molecule has 38 heavy (non-hydrogen) atoms. The van der Waals surface area contributed by atoms with Crippen molar-refractivity contribution in [3.05, 3.63) is 71.3 Å². The molecule has 0 spiro atoms. The number of nitrogens with zero attached hydrogens (tertiary/aromatic N) is 6. The number of benzene rings is 2. The van der Waals surface area contributed by atoms with Gasteiger partial charge in [-0.1, -0.05) is 87.3 Å². The van der Waals surface area contributed by atoms with Gasteiger partial charge in [-0.05, 0) is 62.1 Å². The summed E-state index contributed by atoms with van der Waals surface area (Å²) in [5.41, 5.74) is 4.70. The van der Waals surface area contributed by atoms with Crippen LogP contribution < -0.4 is 0 Å². The van der Waals surface area contributed by atoms with Gasteiger partial charge in [-0.2, -0.15) is 0 Å². The number of unbranched alkanes of at least 4 members (excludes halogenated alkanes) is 4. The van der Waals surface area contributed by atoms with Gasteiger partial charge in [-0.3, -0.25) is 9.13 Å². The summed E-state index contributed by atoms with van der Waals surface area (Å²) in [6.07, 6.45) is 8.78. The zero-order chi connectivity index (χ0) is 26.7. The van der Waals surface area contributed by atoms with Gasteiger partial charge in [0, 0.05) is 35.7 Å². The first kappa shape index (κ1) is 28.4. The molecule has 0 bridgehead atoms. The standard InChI is InChI=1S/C30H40N6S2/c1-5-7-9-19-37-29-33-31-27(35(29)25-15-11-13-23(3)21-25)17-18-28-32-34-30(38-20-10-8-6-2)36(28)26-16-12-14-24(4)22-26/h11-16,21-22H,5-10,17-20H2,1-4H3. The van der Waals surface area contributed by atoms with Gasteiger partial charge in [-0.15, -0.1) is 20.4 Å². The van der Waals surface area contributed by atoms with E-state index in [1.54, 1.807) is 23.5 Å². The van der Waals surface area contributed by atoms with E-state index >= 15 is 0 Å². The molecule has 4 rings (SSSR count). The third-order valence-corrected chi connectivity index (χ3v) is 8.48. The van der Waals surface area contributed by atoms with Crippen LogP contribution in [-0.2, 0) is 12.8 Å². The van der Waals surface area contributed by atoms with E-state index in [1.165, 1.54) is 49.7 Å². The van der Waals surface area contributed by atoms with Crippen LogP contribution in [0.1, 0.15) is 75.1 Å². The van der Waals surface area contributed by atoms with E-state index < -0.39 is 0 Å². The summed E-state index contributed by atoms with van der Waals surface area (Å²) in [5.74, 6) is 4.03. The molecular weight excluding hydrogens is 509 g/mol. The zero-order valence-corrected chi connectivity index (χ0v) is 24.8. The maximum atomic E-state index is 4.66. The van der Waals surface area contributed by atoms with Crippen molar-refractivity contribution in [1.29, 1.82) is 0 Å². The van der Waals surface area contributed by atoms with Gasteiger partial charge in [0.05, 0.1) is 0 Å². The van der Waals surface area contributed by atoms with Gasteiger partial charge in [0.15, 0.2) is 10.3 Å². The molecule has 0 fully saturated rings. The number of hydrogen-bond donors (Lipinski definition) is 0. The number of hydrogen-bond acceptors (Lipinski definition) is 6. The summed E-state index contributed by atoms with van der Waals surface area (Å²) in [7, 11) is 0. The first-order valence-electron chi connectivity index (χ1n) is 13.9. The fourth-order valence-corrected chi connectivity index (χ4v) is 6.36. The molecule has 0 aliphatic rings. The van der Waals surface area contributed by atoms with Crippen LogP contribution >= 0.6 is 23.5 Å². The van der Waals surface area contributed by atoms with Gasteiger partial charge in [-0.25, -0.2) is 0 Å². The van der Waals surface area contributed by atoms with Crippen molar-refractivity contribution in [2.24, 2.45) is 0 Å². The highest BCUT2D eigenvalue weighted by atomic mass is 32.2. The Morgan fingerprint density at radius 1 is 0.605 bits per heavy atom. The molecule has 0 saturated heterocycles. The second kappa shape index (κ2) is 14.5. The largest absolute Gasteiger partial charge is 0.274 e. The highest BCUT2D eigenvalue weighted by Crippen LogP contribution is 2.27. The lowest BCUT2D eigenvalue weighted by atomic mass is 10.2. The minimum absolute atomic E-state index is 0.737. The maximum Gasteiger partial charge on any atom is 0.195 e. The van der Waals surface area contributed by atoms with E-state index in [1.807, 2.05) is 0 Å². The maximum absolute atomic E-state index is 4.66. The van der Waals surface area contributed by atoms with Crippen LogP contribution in [0.25, 0.3) is 11.4 Å². The van der Waals surface area contributed by atoms with Crippen molar-refractivity contribution < 1.29 is 0 Å². The fourth-order valence-electron chi connectivity index (χ4n) is 4.42. The number of aromatic nitrogens is 6. The number of thioether (sulfide) groups is 2. The zero-order valence-electron chi connectivity index (χ0n) is 23.2. The average Bonchev–Trinajstić information content (AvgIpc) is 3.51. The van der Waals surface area contributed by atoms with Crippen LogP contribution in [0, 0.1) is 13.8 Å². The summed E-state index contributed by atoms with van der Waals surface area (Å²) >= 11 is 3.60. The van der Waals surface area contributed by atoms with E-state index in [-0.39, 0.29) is 0 Å². The van der Waals surface area contributed by atoms with E-state index in [2.05, 4.69) is 106 Å². The topological polar surface area (TPSA) is 61.4 Å². The molecule has 6 nitrogen and oxygen atoms in total. The number of rotatable bonds is 15. The molecular formula is C30H40N6S2. The average molecular weight is 549 g/mol. The second-order valence-corrected chi connectivity index (χ2v) is 11.9. The Morgan fingerprint density at radius 3 is 1.45 bits per heavy atom. The normalized spacial score (nSPS) is 11.4. The molecule has 2 aromatic heterocycles. The van der Waals surface area contributed by atoms with Gasteiger partial charge < -0.3 is 0 Å². The Labute approximate surface area is 236 Å². The predicted octanol–water partition coefficient (Wildman–Crippen LogP) is 7.81. The lowest BCUT2D eigenvalue weighted by Gasteiger charge is -2.13. The molecule has 0 saturated carbocycles. The summed E-state index contributed by atoms with van der Waals surface area (Å²) in [4.78, 5) is 0. The first-order chi connectivity index (χ1) is 18.6. The summed E-state index contributed by atoms with van der Waals surface area (Å²) < 4.78 is 4.47. The molecule has 202 valence electrons. The molecule has 0 amide bonds. The van der Waals surface area contributed by atoms with Crippen molar-refractivity contribution in [1.82, 2.24) is 29.5 Å². The van der Waals surface area contributed by atoms with E-state index in [0.717, 1.165) is 57.7 Å². The van der Waals surface area contributed by atoms with Gasteiger partial charge in [0.2, 0.25) is 0 Å². The van der Waals surface area contributed by atoms with E-state index in [0.29, 0.717) is 0 Å².